The van der Waals surface area contributed by atoms with Crippen LogP contribution in [0.5, 0.6) is 0 Å². The van der Waals surface area contributed by atoms with Crippen molar-refractivity contribution in [3.63, 3.8) is 0 Å². The molecule has 0 rings (SSSR count). The molecule has 0 aliphatic heterocycles. The van der Waals surface area contributed by atoms with Gasteiger partial charge < -0.3 is 5.73 Å². The smallest absolute Gasteiger partial charge is 0.0355 e. The third-order valence-corrected chi connectivity index (χ3v) is 3.99. The molecule has 2 N–H and O–H groups in total. The molecule has 1 atom stereocenters. The van der Waals surface area contributed by atoms with E-state index in [4.69, 9.17) is 5.73 Å². The molecule has 0 bridgehead atoms. The summed E-state index contributed by atoms with van der Waals surface area (Å²) in [6.45, 7) is 14.9. The van der Waals surface area contributed by atoms with Crippen LogP contribution in [0.1, 0.15) is 53.4 Å². The number of hydrogen-bond donors (Lipinski definition) is 1. The monoisotopic (exact) mass is 226 g/mol. The van der Waals surface area contributed by atoms with Gasteiger partial charge in [-0.15, -0.1) is 6.58 Å². The van der Waals surface area contributed by atoms with E-state index in [0.29, 0.717) is 0 Å². The lowest BCUT2D eigenvalue weighted by Gasteiger charge is -2.46. The molecule has 2 heteroatoms. The van der Waals surface area contributed by atoms with Crippen LogP contribution >= 0.6 is 0 Å². The van der Waals surface area contributed by atoms with Gasteiger partial charge in [-0.05, 0) is 38.8 Å². The van der Waals surface area contributed by atoms with E-state index in [-0.39, 0.29) is 11.6 Å². The Kier molecular flexibility index (Phi) is 7.69. The zero-order valence-corrected chi connectivity index (χ0v) is 11.6. The largest absolute Gasteiger partial charge is 0.326 e. The highest BCUT2D eigenvalue weighted by Crippen LogP contribution is 2.29. The van der Waals surface area contributed by atoms with Crippen LogP contribution in [0, 0.1) is 0 Å². The fourth-order valence-electron chi connectivity index (χ4n) is 2.88. The van der Waals surface area contributed by atoms with Gasteiger partial charge in [0.2, 0.25) is 0 Å². The molecular formula is C14H30N2. The van der Waals surface area contributed by atoms with Crippen molar-refractivity contribution in [2.45, 2.75) is 65.0 Å². The van der Waals surface area contributed by atoms with Gasteiger partial charge in [-0.1, -0.05) is 33.8 Å². The number of rotatable bonds is 9. The molecule has 16 heavy (non-hydrogen) atoms. The molecule has 0 amide bonds. The molecule has 0 saturated heterocycles. The van der Waals surface area contributed by atoms with Gasteiger partial charge in [0.05, 0.1) is 0 Å². The van der Waals surface area contributed by atoms with Crippen LogP contribution in [0.15, 0.2) is 12.7 Å². The van der Waals surface area contributed by atoms with Crippen LogP contribution in [-0.2, 0) is 0 Å². The summed E-state index contributed by atoms with van der Waals surface area (Å²) in [6, 6.07) is 0.250. The second-order valence-electron chi connectivity index (χ2n) is 4.46. The molecule has 0 aromatic heterocycles. The van der Waals surface area contributed by atoms with Crippen LogP contribution in [0.2, 0.25) is 0 Å². The predicted molar refractivity (Wildman–Crippen MR) is 73.6 cm³/mol. The fourth-order valence-corrected chi connectivity index (χ4v) is 2.88. The molecule has 96 valence electrons. The van der Waals surface area contributed by atoms with Gasteiger partial charge >= 0.3 is 0 Å². The van der Waals surface area contributed by atoms with Crippen LogP contribution < -0.4 is 5.73 Å². The van der Waals surface area contributed by atoms with E-state index >= 15 is 0 Å². The van der Waals surface area contributed by atoms with Crippen molar-refractivity contribution >= 4 is 0 Å². The lowest BCUT2D eigenvalue weighted by Crippen LogP contribution is -2.59. The Morgan fingerprint density at radius 3 is 2.00 bits per heavy atom. The zero-order chi connectivity index (χ0) is 12.6. The number of hydrogen-bond acceptors (Lipinski definition) is 2. The average molecular weight is 226 g/mol. The molecule has 0 fully saturated rings. The maximum absolute atomic E-state index is 6.42. The third-order valence-electron chi connectivity index (χ3n) is 3.99. The highest BCUT2D eigenvalue weighted by Gasteiger charge is 2.37. The summed E-state index contributed by atoms with van der Waals surface area (Å²) in [6.07, 6.45) is 6.29. The second-order valence-corrected chi connectivity index (χ2v) is 4.46. The van der Waals surface area contributed by atoms with Gasteiger partial charge in [-0.2, -0.15) is 0 Å². The molecule has 0 aromatic carbocycles. The molecule has 0 aliphatic carbocycles. The molecule has 0 aliphatic rings. The highest BCUT2D eigenvalue weighted by atomic mass is 15.2. The van der Waals surface area contributed by atoms with Crippen molar-refractivity contribution in [2.75, 3.05) is 13.1 Å². The van der Waals surface area contributed by atoms with Crippen LogP contribution in [-0.4, -0.2) is 29.6 Å². The minimum atomic E-state index is 0.173. The lowest BCUT2D eigenvalue weighted by atomic mass is 9.81. The molecule has 2 nitrogen and oxygen atoms in total. The van der Waals surface area contributed by atoms with Crippen molar-refractivity contribution in [1.29, 1.82) is 0 Å². The maximum Gasteiger partial charge on any atom is 0.0355 e. The van der Waals surface area contributed by atoms with Crippen molar-refractivity contribution < 1.29 is 0 Å². The maximum atomic E-state index is 6.42. The van der Waals surface area contributed by atoms with Crippen LogP contribution in [0.25, 0.3) is 0 Å². The summed E-state index contributed by atoms with van der Waals surface area (Å²) < 4.78 is 0. The summed E-state index contributed by atoms with van der Waals surface area (Å²) in [4.78, 5) is 2.53. The zero-order valence-electron chi connectivity index (χ0n) is 11.6. The van der Waals surface area contributed by atoms with Gasteiger partial charge in [-0.25, -0.2) is 0 Å². The Hall–Kier alpha value is -0.340. The number of likely N-dealkylation sites (N-methyl/N-ethyl adjacent to an activating group) is 1. The molecule has 0 heterocycles. The van der Waals surface area contributed by atoms with Crippen molar-refractivity contribution in [2.24, 2.45) is 5.73 Å². The number of nitrogens with two attached hydrogens (primary N) is 1. The Labute approximate surface area is 102 Å². The molecule has 1 unspecified atom stereocenters. The summed E-state index contributed by atoms with van der Waals surface area (Å²) >= 11 is 0. The third kappa shape index (κ3) is 3.33. The van der Waals surface area contributed by atoms with Gasteiger partial charge in [0.25, 0.3) is 0 Å². The van der Waals surface area contributed by atoms with E-state index in [1.165, 1.54) is 0 Å². The van der Waals surface area contributed by atoms with Crippen molar-refractivity contribution in [3.8, 4) is 0 Å². The summed E-state index contributed by atoms with van der Waals surface area (Å²) in [5.41, 5.74) is 6.60. The minimum Gasteiger partial charge on any atom is -0.326 e. The van der Waals surface area contributed by atoms with Crippen LogP contribution in [0.4, 0.5) is 0 Å². The van der Waals surface area contributed by atoms with Crippen molar-refractivity contribution in [1.82, 2.24) is 4.90 Å². The van der Waals surface area contributed by atoms with E-state index in [1.807, 2.05) is 6.08 Å². The first-order valence-electron chi connectivity index (χ1n) is 6.74. The Balaban J connectivity index is 4.82. The SMILES string of the molecule is C=CCCC(N)C(CC)(CC)N(CC)CC. The van der Waals surface area contributed by atoms with E-state index in [1.54, 1.807) is 0 Å². The standard InChI is InChI=1S/C14H30N2/c1-6-11-12-13(15)14(7-2,8-3)16(9-4)10-5/h6,13H,1,7-12,15H2,2-5H3. The van der Waals surface area contributed by atoms with E-state index in [0.717, 1.165) is 38.8 Å². The van der Waals surface area contributed by atoms with E-state index in [2.05, 4.69) is 39.2 Å². The molecular weight excluding hydrogens is 196 g/mol. The van der Waals surface area contributed by atoms with E-state index in [9.17, 15) is 0 Å². The normalized spacial score (nSPS) is 14.1. The number of allylic oxidation sites excluding steroid dienone is 1. The minimum absolute atomic E-state index is 0.173. The first-order valence-corrected chi connectivity index (χ1v) is 6.74. The highest BCUT2D eigenvalue weighted by molar-refractivity contribution is 4.97. The van der Waals surface area contributed by atoms with Gasteiger partial charge in [0, 0.05) is 11.6 Å². The first kappa shape index (κ1) is 15.7. The second kappa shape index (κ2) is 7.86. The van der Waals surface area contributed by atoms with Gasteiger partial charge in [0.1, 0.15) is 0 Å². The topological polar surface area (TPSA) is 29.3 Å². The fraction of sp³-hybridized carbons (Fsp3) is 0.857. The summed E-state index contributed by atoms with van der Waals surface area (Å²) in [7, 11) is 0. The molecule has 0 saturated carbocycles. The molecule has 0 aromatic rings. The Morgan fingerprint density at radius 1 is 1.19 bits per heavy atom. The van der Waals surface area contributed by atoms with E-state index < -0.39 is 0 Å². The lowest BCUT2D eigenvalue weighted by molar-refractivity contribution is 0.0603. The Bertz CT molecular complexity index is 181. The Morgan fingerprint density at radius 2 is 1.69 bits per heavy atom. The summed E-state index contributed by atoms with van der Waals surface area (Å²) in [5, 5.41) is 0. The first-order chi connectivity index (χ1) is 7.62. The quantitative estimate of drug-likeness (QED) is 0.612. The van der Waals surface area contributed by atoms with Gasteiger partial charge in [0.15, 0.2) is 0 Å². The molecule has 0 spiro atoms. The van der Waals surface area contributed by atoms with Gasteiger partial charge in [-0.3, -0.25) is 4.90 Å². The van der Waals surface area contributed by atoms with Crippen molar-refractivity contribution in [3.05, 3.63) is 12.7 Å². The van der Waals surface area contributed by atoms with Crippen LogP contribution in [0.3, 0.4) is 0 Å². The number of nitrogens with zero attached hydrogens (tertiary/aromatic N) is 1. The molecule has 0 radical (unpaired) electrons. The average Bonchev–Trinajstić information content (AvgIpc) is 2.33. The predicted octanol–water partition coefficient (Wildman–Crippen LogP) is 3.18. The summed E-state index contributed by atoms with van der Waals surface area (Å²) in [5.74, 6) is 0.